The van der Waals surface area contributed by atoms with E-state index in [0.717, 1.165) is 16.8 Å². The molecule has 1 saturated carbocycles. The van der Waals surface area contributed by atoms with Crippen LogP contribution in [0.3, 0.4) is 0 Å². The van der Waals surface area contributed by atoms with E-state index in [2.05, 4.69) is 12.2 Å². The topological polar surface area (TPSA) is 64.0 Å². The number of aromatic nitrogens is 2. The largest absolute Gasteiger partial charge is 0.353 e. The lowest BCUT2D eigenvalue weighted by Gasteiger charge is -2.17. The van der Waals surface area contributed by atoms with E-state index in [0.29, 0.717) is 22.0 Å². The predicted molar refractivity (Wildman–Crippen MR) is 118 cm³/mol. The maximum atomic E-state index is 13.3. The molecule has 1 aliphatic carbocycles. The number of nitrogens with zero attached hydrogens (tertiary/aromatic N) is 2. The third kappa shape index (κ3) is 4.08. The molecule has 2 aromatic carbocycles. The monoisotopic (exact) mass is 407 g/mol. The number of carbonyl (C=O) groups excluding carboxylic acids is 1. The molecule has 1 aromatic heterocycles. The smallest absolute Gasteiger partial charge is 0.266 e. The average molecular weight is 408 g/mol. The van der Waals surface area contributed by atoms with Gasteiger partial charge in [-0.1, -0.05) is 36.0 Å². The zero-order valence-corrected chi connectivity index (χ0v) is 17.8. The van der Waals surface area contributed by atoms with Gasteiger partial charge in [-0.15, -0.1) is 0 Å². The lowest BCUT2D eigenvalue weighted by molar-refractivity contribution is -0.119. The maximum Gasteiger partial charge on any atom is 0.266 e. The van der Waals surface area contributed by atoms with Crippen LogP contribution in [0.15, 0.2) is 52.4 Å². The number of thioether (sulfide) groups is 1. The van der Waals surface area contributed by atoms with Gasteiger partial charge in [-0.3, -0.25) is 14.2 Å². The van der Waals surface area contributed by atoms with Crippen LogP contribution in [-0.4, -0.2) is 27.3 Å². The van der Waals surface area contributed by atoms with E-state index in [-0.39, 0.29) is 23.3 Å². The minimum absolute atomic E-state index is 0.0238. The number of amides is 1. The molecule has 1 fully saturated rings. The molecule has 0 bridgehead atoms. The minimum Gasteiger partial charge on any atom is -0.353 e. The Balaban J connectivity index is 1.72. The first-order valence-corrected chi connectivity index (χ1v) is 10.9. The first kappa shape index (κ1) is 19.7. The number of fused-ring (bicyclic) bond motifs is 1. The second-order valence-electron chi connectivity index (χ2n) is 7.75. The van der Waals surface area contributed by atoms with Gasteiger partial charge >= 0.3 is 0 Å². The van der Waals surface area contributed by atoms with Crippen molar-refractivity contribution in [3.05, 3.63) is 63.9 Å². The van der Waals surface area contributed by atoms with E-state index >= 15 is 0 Å². The number of benzene rings is 2. The molecule has 1 atom stereocenters. The summed E-state index contributed by atoms with van der Waals surface area (Å²) in [4.78, 5) is 30.5. The van der Waals surface area contributed by atoms with Crippen molar-refractivity contribution in [1.82, 2.24) is 14.9 Å². The van der Waals surface area contributed by atoms with Crippen LogP contribution in [0.5, 0.6) is 0 Å². The quantitative estimate of drug-likeness (QED) is 0.495. The molecule has 150 valence electrons. The highest BCUT2D eigenvalue weighted by Gasteiger charge is 2.29. The van der Waals surface area contributed by atoms with Crippen molar-refractivity contribution in [1.29, 1.82) is 0 Å². The molecular weight excluding hydrogens is 382 g/mol. The first-order valence-electron chi connectivity index (χ1n) is 9.96. The molecule has 1 aliphatic rings. The SMILES string of the molecule is Cc1cccc(-n2c(SCC(=O)N[C@H](C)C3CC3)nc3ccccc3c2=O)c1C. The Bertz CT molecular complexity index is 1130. The van der Waals surface area contributed by atoms with E-state index in [1.807, 2.05) is 50.2 Å². The number of nitrogens with one attached hydrogen (secondary N) is 1. The van der Waals surface area contributed by atoms with E-state index in [9.17, 15) is 9.59 Å². The molecule has 1 heterocycles. The number of hydrogen-bond acceptors (Lipinski definition) is 4. The molecule has 3 aromatic rings. The van der Waals surface area contributed by atoms with Crippen molar-refractivity contribution in [2.45, 2.75) is 44.8 Å². The molecule has 1 amide bonds. The van der Waals surface area contributed by atoms with Gasteiger partial charge in [0.2, 0.25) is 5.91 Å². The number of carbonyl (C=O) groups is 1. The van der Waals surface area contributed by atoms with Crippen molar-refractivity contribution in [3.8, 4) is 5.69 Å². The van der Waals surface area contributed by atoms with Crippen LogP contribution in [-0.2, 0) is 4.79 Å². The third-order valence-corrected chi connectivity index (χ3v) is 6.55. The second-order valence-corrected chi connectivity index (χ2v) is 8.70. The summed E-state index contributed by atoms with van der Waals surface area (Å²) in [7, 11) is 0. The summed E-state index contributed by atoms with van der Waals surface area (Å²) in [5.41, 5.74) is 3.48. The molecule has 1 N–H and O–H groups in total. The fourth-order valence-corrected chi connectivity index (χ4v) is 4.36. The van der Waals surface area contributed by atoms with Gasteiger partial charge in [0.1, 0.15) is 0 Å². The summed E-state index contributed by atoms with van der Waals surface area (Å²) in [5, 5.41) is 4.18. The summed E-state index contributed by atoms with van der Waals surface area (Å²) in [6, 6.07) is 13.4. The summed E-state index contributed by atoms with van der Waals surface area (Å²) in [6.07, 6.45) is 2.37. The van der Waals surface area contributed by atoms with Crippen LogP contribution < -0.4 is 10.9 Å². The Labute approximate surface area is 174 Å². The van der Waals surface area contributed by atoms with Gasteiger partial charge in [0.05, 0.1) is 22.3 Å². The molecule has 29 heavy (non-hydrogen) atoms. The number of rotatable bonds is 6. The number of para-hydroxylation sites is 1. The van der Waals surface area contributed by atoms with Crippen molar-refractivity contribution >= 4 is 28.6 Å². The van der Waals surface area contributed by atoms with Crippen molar-refractivity contribution < 1.29 is 4.79 Å². The Kier molecular flexibility index (Phi) is 5.46. The van der Waals surface area contributed by atoms with Crippen molar-refractivity contribution in [2.75, 3.05) is 5.75 Å². The van der Waals surface area contributed by atoms with Gasteiger partial charge in [-0.05, 0) is 68.9 Å². The molecular formula is C23H25N3O2S. The maximum absolute atomic E-state index is 13.3. The standard InChI is InChI=1S/C23H25N3O2S/c1-14-7-6-10-20(15(14)2)26-22(28)18-8-4-5-9-19(18)25-23(26)29-13-21(27)24-16(3)17-11-12-17/h4-10,16-17H,11-13H2,1-3H3,(H,24,27)/t16-/m1/s1. The second kappa shape index (κ2) is 8.03. The van der Waals surface area contributed by atoms with E-state index in [1.165, 1.54) is 24.6 Å². The number of aryl methyl sites for hydroxylation is 1. The van der Waals surface area contributed by atoms with Crippen molar-refractivity contribution in [2.24, 2.45) is 5.92 Å². The summed E-state index contributed by atoms with van der Waals surface area (Å²) >= 11 is 1.31. The highest BCUT2D eigenvalue weighted by molar-refractivity contribution is 7.99. The van der Waals surface area contributed by atoms with Crippen LogP contribution in [0.1, 0.15) is 30.9 Å². The third-order valence-electron chi connectivity index (χ3n) is 5.61. The molecule has 0 aliphatic heterocycles. The molecule has 6 heteroatoms. The lowest BCUT2D eigenvalue weighted by Crippen LogP contribution is -2.35. The Morgan fingerprint density at radius 1 is 1.21 bits per heavy atom. The highest BCUT2D eigenvalue weighted by atomic mass is 32.2. The van der Waals surface area contributed by atoms with Crippen LogP contribution in [0.4, 0.5) is 0 Å². The van der Waals surface area contributed by atoms with E-state index in [4.69, 9.17) is 4.98 Å². The molecule has 0 radical (unpaired) electrons. The number of hydrogen-bond donors (Lipinski definition) is 1. The minimum atomic E-state index is -0.112. The van der Waals surface area contributed by atoms with E-state index < -0.39 is 0 Å². The van der Waals surface area contributed by atoms with Crippen LogP contribution in [0.2, 0.25) is 0 Å². The van der Waals surface area contributed by atoms with Gasteiger partial charge in [-0.25, -0.2) is 4.98 Å². The molecule has 0 spiro atoms. The first-order chi connectivity index (χ1) is 14.0. The fraction of sp³-hybridized carbons (Fsp3) is 0.348. The zero-order chi connectivity index (χ0) is 20.5. The fourth-order valence-electron chi connectivity index (χ4n) is 3.54. The lowest BCUT2D eigenvalue weighted by atomic mass is 10.1. The Morgan fingerprint density at radius 3 is 2.72 bits per heavy atom. The summed E-state index contributed by atoms with van der Waals surface area (Å²) in [6.45, 7) is 6.09. The molecule has 0 saturated heterocycles. The molecule has 0 unspecified atom stereocenters. The molecule has 5 nitrogen and oxygen atoms in total. The highest BCUT2D eigenvalue weighted by Crippen LogP contribution is 2.32. The van der Waals surface area contributed by atoms with Crippen molar-refractivity contribution in [3.63, 3.8) is 0 Å². The van der Waals surface area contributed by atoms with Gasteiger partial charge in [0.25, 0.3) is 5.56 Å². The van der Waals surface area contributed by atoms with Gasteiger partial charge in [0.15, 0.2) is 5.16 Å². The average Bonchev–Trinajstić information content (AvgIpc) is 3.55. The summed E-state index contributed by atoms with van der Waals surface area (Å²) < 4.78 is 1.65. The van der Waals surface area contributed by atoms with Crippen LogP contribution >= 0.6 is 11.8 Å². The van der Waals surface area contributed by atoms with Gasteiger partial charge in [-0.2, -0.15) is 0 Å². The van der Waals surface area contributed by atoms with Gasteiger partial charge in [0, 0.05) is 6.04 Å². The summed E-state index contributed by atoms with van der Waals surface area (Å²) in [5.74, 6) is 0.812. The van der Waals surface area contributed by atoms with Crippen LogP contribution in [0, 0.1) is 19.8 Å². The van der Waals surface area contributed by atoms with E-state index in [1.54, 1.807) is 10.6 Å². The zero-order valence-electron chi connectivity index (χ0n) is 16.9. The Hall–Kier alpha value is -2.60. The van der Waals surface area contributed by atoms with Crippen LogP contribution in [0.25, 0.3) is 16.6 Å². The normalized spacial score (nSPS) is 14.7. The molecule has 4 rings (SSSR count). The Morgan fingerprint density at radius 2 is 1.97 bits per heavy atom. The predicted octanol–water partition coefficient (Wildman–Crippen LogP) is 4.01. The van der Waals surface area contributed by atoms with Gasteiger partial charge < -0.3 is 5.32 Å².